The van der Waals surface area contributed by atoms with Crippen LogP contribution < -0.4 is 10.6 Å². The van der Waals surface area contributed by atoms with E-state index in [9.17, 15) is 19.5 Å². The maximum Gasteiger partial charge on any atom is 0.407 e. The van der Waals surface area contributed by atoms with Crippen molar-refractivity contribution in [2.45, 2.75) is 46.1 Å². The second kappa shape index (κ2) is 10.4. The number of alkyl carbamates (subject to hydrolysis) is 1. The normalized spacial score (nSPS) is 12.1. The minimum atomic E-state index is -1.12. The zero-order valence-corrected chi connectivity index (χ0v) is 15.6. The van der Waals surface area contributed by atoms with Crippen molar-refractivity contribution in [2.24, 2.45) is 5.41 Å². The van der Waals surface area contributed by atoms with E-state index in [-0.39, 0.29) is 24.3 Å². The summed E-state index contributed by atoms with van der Waals surface area (Å²) in [5.74, 6) is -1.17. The number of benzene rings is 1. The first-order chi connectivity index (χ1) is 12.2. The molecule has 1 rings (SSSR count). The fourth-order valence-electron chi connectivity index (χ4n) is 2.24. The SMILES string of the molecule is CC(C)(C)CC(=O)NCCCOC(=O)N[C@@H](Cc1ccccc1)C(=O)O. The second-order valence-electron chi connectivity index (χ2n) is 7.30. The van der Waals surface area contributed by atoms with Crippen LogP contribution in [0.5, 0.6) is 0 Å². The topological polar surface area (TPSA) is 105 Å². The number of hydrogen-bond donors (Lipinski definition) is 3. The van der Waals surface area contributed by atoms with Crippen molar-refractivity contribution in [3.05, 3.63) is 35.9 Å². The summed E-state index contributed by atoms with van der Waals surface area (Å²) < 4.78 is 4.98. The summed E-state index contributed by atoms with van der Waals surface area (Å²) in [6, 6.07) is 7.98. The second-order valence-corrected chi connectivity index (χ2v) is 7.30. The van der Waals surface area contributed by atoms with Crippen molar-refractivity contribution >= 4 is 18.0 Å². The maximum absolute atomic E-state index is 11.7. The molecule has 26 heavy (non-hydrogen) atoms. The highest BCUT2D eigenvalue weighted by atomic mass is 16.5. The molecule has 0 heterocycles. The number of carbonyl (C=O) groups is 3. The Balaban J connectivity index is 2.27. The quantitative estimate of drug-likeness (QED) is 0.584. The van der Waals surface area contributed by atoms with Gasteiger partial charge in [0.15, 0.2) is 0 Å². The van der Waals surface area contributed by atoms with E-state index in [1.54, 1.807) is 24.3 Å². The van der Waals surface area contributed by atoms with Gasteiger partial charge in [-0.3, -0.25) is 4.79 Å². The highest BCUT2D eigenvalue weighted by molar-refractivity contribution is 5.80. The van der Waals surface area contributed by atoms with Crippen molar-refractivity contribution in [1.29, 1.82) is 0 Å². The number of hydrogen-bond acceptors (Lipinski definition) is 4. The van der Waals surface area contributed by atoms with E-state index in [2.05, 4.69) is 10.6 Å². The molecular formula is C19H28N2O5. The Morgan fingerprint density at radius 1 is 1.15 bits per heavy atom. The van der Waals surface area contributed by atoms with Crippen LogP contribution in [0.2, 0.25) is 0 Å². The van der Waals surface area contributed by atoms with Crippen LogP contribution in [0.4, 0.5) is 4.79 Å². The lowest BCUT2D eigenvalue weighted by molar-refractivity contribution is -0.139. The summed E-state index contributed by atoms with van der Waals surface area (Å²) in [7, 11) is 0. The summed E-state index contributed by atoms with van der Waals surface area (Å²) in [5.41, 5.74) is 0.729. The molecule has 144 valence electrons. The molecule has 1 atom stereocenters. The molecular weight excluding hydrogens is 336 g/mol. The molecule has 0 saturated heterocycles. The van der Waals surface area contributed by atoms with Crippen molar-refractivity contribution in [1.82, 2.24) is 10.6 Å². The average Bonchev–Trinajstić information content (AvgIpc) is 2.53. The summed E-state index contributed by atoms with van der Waals surface area (Å²) in [5, 5.41) is 14.3. The largest absolute Gasteiger partial charge is 0.480 e. The van der Waals surface area contributed by atoms with E-state index < -0.39 is 18.1 Å². The predicted octanol–water partition coefficient (Wildman–Crippen LogP) is 2.35. The Hall–Kier alpha value is -2.57. The van der Waals surface area contributed by atoms with Crippen LogP contribution in [0.1, 0.15) is 39.2 Å². The molecule has 0 aromatic heterocycles. The average molecular weight is 364 g/mol. The summed E-state index contributed by atoms with van der Waals surface area (Å²) >= 11 is 0. The lowest BCUT2D eigenvalue weighted by atomic mass is 9.92. The Kier molecular flexibility index (Phi) is 8.61. The fourth-order valence-corrected chi connectivity index (χ4v) is 2.24. The van der Waals surface area contributed by atoms with E-state index in [0.29, 0.717) is 19.4 Å². The Morgan fingerprint density at radius 3 is 2.38 bits per heavy atom. The van der Waals surface area contributed by atoms with E-state index in [0.717, 1.165) is 5.56 Å². The van der Waals surface area contributed by atoms with Gasteiger partial charge in [-0.2, -0.15) is 0 Å². The molecule has 0 spiro atoms. The van der Waals surface area contributed by atoms with Crippen LogP contribution in [0.25, 0.3) is 0 Å². The first-order valence-electron chi connectivity index (χ1n) is 8.64. The molecule has 1 aromatic rings. The van der Waals surface area contributed by atoms with E-state index in [4.69, 9.17) is 4.74 Å². The maximum atomic E-state index is 11.7. The minimum absolute atomic E-state index is 0.0456. The van der Waals surface area contributed by atoms with Gasteiger partial charge in [0.25, 0.3) is 0 Å². The lowest BCUT2D eigenvalue weighted by Gasteiger charge is -2.17. The van der Waals surface area contributed by atoms with Gasteiger partial charge in [0.1, 0.15) is 6.04 Å². The molecule has 0 unspecified atom stereocenters. The molecule has 0 bridgehead atoms. The number of amides is 2. The van der Waals surface area contributed by atoms with Crippen LogP contribution in [0.15, 0.2) is 30.3 Å². The number of ether oxygens (including phenoxy) is 1. The van der Waals surface area contributed by atoms with Crippen molar-refractivity contribution in [3.63, 3.8) is 0 Å². The Labute approximate surface area is 154 Å². The summed E-state index contributed by atoms with van der Waals surface area (Å²) in [4.78, 5) is 34.7. The van der Waals surface area contributed by atoms with Gasteiger partial charge in [0.05, 0.1) is 6.61 Å². The lowest BCUT2D eigenvalue weighted by Crippen LogP contribution is -2.42. The number of aliphatic carboxylic acids is 1. The van der Waals surface area contributed by atoms with Crippen LogP contribution in [0.3, 0.4) is 0 Å². The third-order valence-corrected chi connectivity index (χ3v) is 3.44. The van der Waals surface area contributed by atoms with Gasteiger partial charge < -0.3 is 20.5 Å². The van der Waals surface area contributed by atoms with Crippen LogP contribution in [-0.4, -0.2) is 42.3 Å². The highest BCUT2D eigenvalue weighted by Crippen LogP contribution is 2.17. The third kappa shape index (κ3) is 9.66. The smallest absolute Gasteiger partial charge is 0.407 e. The molecule has 3 N–H and O–H groups in total. The molecule has 0 fully saturated rings. The monoisotopic (exact) mass is 364 g/mol. The molecule has 2 amide bonds. The molecule has 1 aromatic carbocycles. The molecule has 0 radical (unpaired) electrons. The van der Waals surface area contributed by atoms with Crippen LogP contribution in [0, 0.1) is 5.41 Å². The van der Waals surface area contributed by atoms with Gasteiger partial charge in [0.2, 0.25) is 5.91 Å². The van der Waals surface area contributed by atoms with Crippen molar-refractivity contribution < 1.29 is 24.2 Å². The molecule has 7 nitrogen and oxygen atoms in total. The van der Waals surface area contributed by atoms with E-state index in [1.165, 1.54) is 0 Å². The van der Waals surface area contributed by atoms with Crippen molar-refractivity contribution in [3.8, 4) is 0 Å². The zero-order chi connectivity index (χ0) is 19.6. The van der Waals surface area contributed by atoms with Crippen molar-refractivity contribution in [2.75, 3.05) is 13.2 Å². The van der Waals surface area contributed by atoms with E-state index in [1.807, 2.05) is 26.8 Å². The minimum Gasteiger partial charge on any atom is -0.480 e. The predicted molar refractivity (Wildman–Crippen MR) is 97.8 cm³/mol. The first kappa shape index (κ1) is 21.5. The Bertz CT molecular complexity index is 596. The van der Waals surface area contributed by atoms with Gasteiger partial charge >= 0.3 is 12.1 Å². The number of nitrogens with one attached hydrogen (secondary N) is 2. The van der Waals surface area contributed by atoms with E-state index >= 15 is 0 Å². The molecule has 0 aliphatic carbocycles. The standard InChI is InChI=1S/C19H28N2O5/c1-19(2,3)13-16(22)20-10-7-11-26-18(25)21-15(17(23)24)12-14-8-5-4-6-9-14/h4-6,8-9,15H,7,10-13H2,1-3H3,(H,20,22)(H,21,25)(H,23,24)/t15-/m0/s1. The van der Waals surface area contributed by atoms with Gasteiger partial charge in [-0.25, -0.2) is 9.59 Å². The van der Waals surface area contributed by atoms with Crippen LogP contribution >= 0.6 is 0 Å². The molecule has 0 aliphatic heterocycles. The zero-order valence-electron chi connectivity index (χ0n) is 15.6. The summed E-state index contributed by atoms with van der Waals surface area (Å²) in [6.45, 7) is 6.44. The number of carboxylic acid groups (broad SMARTS) is 1. The first-order valence-corrected chi connectivity index (χ1v) is 8.64. The third-order valence-electron chi connectivity index (χ3n) is 3.44. The number of rotatable bonds is 9. The molecule has 0 aliphatic rings. The number of carbonyl (C=O) groups excluding carboxylic acids is 2. The van der Waals surface area contributed by atoms with Gasteiger partial charge in [-0.1, -0.05) is 51.1 Å². The highest BCUT2D eigenvalue weighted by Gasteiger charge is 2.21. The van der Waals surface area contributed by atoms with Gasteiger partial charge in [-0.05, 0) is 17.4 Å². The van der Waals surface area contributed by atoms with Gasteiger partial charge in [0, 0.05) is 19.4 Å². The summed E-state index contributed by atoms with van der Waals surface area (Å²) in [6.07, 6.45) is 0.275. The van der Waals surface area contributed by atoms with Gasteiger partial charge in [-0.15, -0.1) is 0 Å². The molecule has 0 saturated carbocycles. The Morgan fingerprint density at radius 2 is 1.81 bits per heavy atom. The fraction of sp³-hybridized carbons (Fsp3) is 0.526. The van der Waals surface area contributed by atoms with Crippen LogP contribution in [-0.2, 0) is 20.7 Å². The molecule has 7 heteroatoms. The number of carboxylic acids is 1.